The summed E-state index contributed by atoms with van der Waals surface area (Å²) in [6, 6.07) is 2.94. The zero-order valence-corrected chi connectivity index (χ0v) is 15.9. The Morgan fingerprint density at radius 2 is 2.23 bits per heavy atom. The van der Waals surface area contributed by atoms with Crippen molar-refractivity contribution in [1.29, 1.82) is 0 Å². The average molecular weight is 390 g/mol. The van der Waals surface area contributed by atoms with Crippen molar-refractivity contribution in [2.75, 3.05) is 5.32 Å². The van der Waals surface area contributed by atoms with Gasteiger partial charge >= 0.3 is 6.03 Å². The number of aromatic nitrogens is 2. The third-order valence-corrected chi connectivity index (χ3v) is 8.34. The van der Waals surface area contributed by atoms with Gasteiger partial charge in [-0.15, -0.1) is 11.3 Å². The van der Waals surface area contributed by atoms with Gasteiger partial charge in [0.1, 0.15) is 9.86 Å². The van der Waals surface area contributed by atoms with Crippen LogP contribution in [0, 0.1) is 6.92 Å². The number of hydrogen-bond donors (Lipinski definition) is 2. The van der Waals surface area contributed by atoms with Gasteiger partial charge in [0.25, 0.3) is 0 Å². The molecule has 0 saturated heterocycles. The molecule has 26 heavy (non-hydrogen) atoms. The van der Waals surface area contributed by atoms with Crippen LogP contribution in [0.4, 0.5) is 10.5 Å². The summed E-state index contributed by atoms with van der Waals surface area (Å²) < 4.78 is 27.0. The fourth-order valence-corrected chi connectivity index (χ4v) is 6.53. The largest absolute Gasteiger partial charge is 0.331 e. The van der Waals surface area contributed by atoms with Crippen molar-refractivity contribution in [2.45, 2.75) is 35.8 Å². The number of hydrogen-bond acceptors (Lipinski definition) is 5. The third kappa shape index (κ3) is 2.77. The summed E-state index contributed by atoms with van der Waals surface area (Å²) in [6.07, 6.45) is 5.67. The van der Waals surface area contributed by atoms with Gasteiger partial charge in [-0.25, -0.2) is 18.2 Å². The molecule has 2 N–H and O–H groups in total. The number of nitrogens with zero attached hydrogens (tertiary/aromatic N) is 2. The highest BCUT2D eigenvalue weighted by Crippen LogP contribution is 2.39. The van der Waals surface area contributed by atoms with E-state index in [4.69, 9.17) is 0 Å². The number of urea groups is 1. The van der Waals surface area contributed by atoms with Crippen molar-refractivity contribution < 1.29 is 13.2 Å². The van der Waals surface area contributed by atoms with Crippen LogP contribution >= 0.6 is 11.3 Å². The lowest BCUT2D eigenvalue weighted by Crippen LogP contribution is -2.38. The highest BCUT2D eigenvalue weighted by molar-refractivity contribution is 7.94. The predicted molar refractivity (Wildman–Crippen MR) is 100 cm³/mol. The number of amides is 2. The van der Waals surface area contributed by atoms with E-state index in [-0.39, 0.29) is 12.1 Å². The normalized spacial score (nSPS) is 21.3. The Morgan fingerprint density at radius 3 is 3.04 bits per heavy atom. The van der Waals surface area contributed by atoms with Crippen LogP contribution in [0.15, 0.2) is 40.3 Å². The highest BCUT2D eigenvalue weighted by atomic mass is 32.2. The van der Waals surface area contributed by atoms with E-state index in [1.54, 1.807) is 30.8 Å². The zero-order valence-electron chi connectivity index (χ0n) is 14.3. The van der Waals surface area contributed by atoms with Gasteiger partial charge in [0.05, 0.1) is 17.0 Å². The van der Waals surface area contributed by atoms with E-state index < -0.39 is 15.1 Å². The molecule has 0 unspecified atom stereocenters. The molecule has 1 aliphatic heterocycles. The Kier molecular flexibility index (Phi) is 4.00. The monoisotopic (exact) mass is 390 g/mol. The molecule has 0 bridgehead atoms. The summed E-state index contributed by atoms with van der Waals surface area (Å²) in [5.74, 6) is 0. The first-order valence-electron chi connectivity index (χ1n) is 8.18. The van der Waals surface area contributed by atoms with Crippen LogP contribution in [-0.2, 0) is 9.84 Å². The summed E-state index contributed by atoms with van der Waals surface area (Å²) in [5, 5.41) is 6.96. The molecule has 9 heteroatoms. The Hall–Kier alpha value is -2.39. The standard InChI is InChI=1S/C17H18N4O3S2/c1-10-7-12(9-21-5-4-18-15(10)21)19-17(22)20-14-8-11(2)26(23,24)16-13(14)3-6-25-16/h3-7,9,11,14H,8H2,1-2H3,(H2,19,20,22)/t11-,14-/m0/s1. The van der Waals surface area contributed by atoms with E-state index in [2.05, 4.69) is 15.6 Å². The minimum Gasteiger partial charge on any atom is -0.331 e. The molecule has 0 aromatic carbocycles. The van der Waals surface area contributed by atoms with Gasteiger partial charge in [0.15, 0.2) is 9.84 Å². The minimum absolute atomic E-state index is 0.326. The number of fused-ring (bicyclic) bond motifs is 2. The second-order valence-electron chi connectivity index (χ2n) is 6.48. The lowest BCUT2D eigenvalue weighted by atomic mass is 10.1. The minimum atomic E-state index is -3.29. The summed E-state index contributed by atoms with van der Waals surface area (Å²) in [6.45, 7) is 3.61. The molecular weight excluding hydrogens is 372 g/mol. The van der Waals surface area contributed by atoms with Crippen LogP contribution in [0.25, 0.3) is 5.65 Å². The van der Waals surface area contributed by atoms with Crippen LogP contribution in [0.2, 0.25) is 0 Å². The van der Waals surface area contributed by atoms with Gasteiger partial charge in [-0.2, -0.15) is 0 Å². The van der Waals surface area contributed by atoms with Crippen LogP contribution < -0.4 is 10.6 Å². The number of pyridine rings is 1. The number of sulfone groups is 1. The molecular formula is C17H18N4O3S2. The van der Waals surface area contributed by atoms with Gasteiger partial charge < -0.3 is 15.0 Å². The maximum Gasteiger partial charge on any atom is 0.319 e. The average Bonchev–Trinajstić information content (AvgIpc) is 3.22. The molecule has 2 atom stereocenters. The summed E-state index contributed by atoms with van der Waals surface area (Å²) >= 11 is 1.21. The first-order chi connectivity index (χ1) is 12.4. The number of rotatable bonds is 2. The topological polar surface area (TPSA) is 92.6 Å². The van der Waals surface area contributed by atoms with E-state index in [0.29, 0.717) is 21.9 Å². The van der Waals surface area contributed by atoms with Crippen LogP contribution in [0.1, 0.15) is 30.5 Å². The van der Waals surface area contributed by atoms with Gasteiger partial charge in [-0.1, -0.05) is 0 Å². The zero-order chi connectivity index (χ0) is 18.5. The van der Waals surface area contributed by atoms with Gasteiger partial charge in [0, 0.05) is 24.2 Å². The molecule has 3 aromatic rings. The van der Waals surface area contributed by atoms with Gasteiger partial charge in [-0.3, -0.25) is 0 Å². The van der Waals surface area contributed by atoms with E-state index in [1.165, 1.54) is 11.3 Å². The Bertz CT molecular complexity index is 1100. The van der Waals surface area contributed by atoms with E-state index >= 15 is 0 Å². The quantitative estimate of drug-likeness (QED) is 0.703. The maximum atomic E-state index is 12.5. The number of carbonyl (C=O) groups excluding carboxylic acids is 1. The Balaban J connectivity index is 1.55. The summed E-state index contributed by atoms with van der Waals surface area (Å²) in [5.41, 5.74) is 3.10. The molecule has 0 radical (unpaired) electrons. The van der Waals surface area contributed by atoms with Crippen molar-refractivity contribution in [3.05, 3.63) is 47.2 Å². The van der Waals surface area contributed by atoms with Gasteiger partial charge in [-0.05, 0) is 43.3 Å². The highest BCUT2D eigenvalue weighted by Gasteiger charge is 2.37. The third-order valence-electron chi connectivity index (χ3n) is 4.62. The first kappa shape index (κ1) is 17.0. The first-order valence-corrected chi connectivity index (χ1v) is 10.6. The smallest absolute Gasteiger partial charge is 0.319 e. The Morgan fingerprint density at radius 1 is 1.42 bits per heavy atom. The lowest BCUT2D eigenvalue weighted by molar-refractivity contribution is 0.247. The fourth-order valence-electron chi connectivity index (χ4n) is 3.30. The molecule has 7 nitrogen and oxygen atoms in total. The Labute approximate surface area is 155 Å². The summed E-state index contributed by atoms with van der Waals surface area (Å²) in [7, 11) is -3.29. The number of imidazole rings is 1. The number of nitrogens with one attached hydrogen (secondary N) is 2. The molecule has 4 heterocycles. The molecule has 1 aliphatic rings. The summed E-state index contributed by atoms with van der Waals surface area (Å²) in [4.78, 5) is 16.7. The molecule has 0 spiro atoms. The second kappa shape index (κ2) is 6.10. The van der Waals surface area contributed by atoms with Crippen molar-refractivity contribution in [1.82, 2.24) is 14.7 Å². The molecule has 3 aromatic heterocycles. The molecule has 136 valence electrons. The molecule has 0 aliphatic carbocycles. The van der Waals surface area contributed by atoms with Gasteiger partial charge in [0.2, 0.25) is 0 Å². The second-order valence-corrected chi connectivity index (χ2v) is 9.95. The van der Waals surface area contributed by atoms with Crippen LogP contribution in [0.5, 0.6) is 0 Å². The van der Waals surface area contributed by atoms with Crippen molar-refractivity contribution in [3.63, 3.8) is 0 Å². The van der Waals surface area contributed by atoms with E-state index in [0.717, 1.165) is 11.2 Å². The number of anilines is 1. The van der Waals surface area contributed by atoms with Crippen molar-refractivity contribution in [2.24, 2.45) is 0 Å². The predicted octanol–water partition coefficient (Wildman–Crippen LogP) is 3.13. The molecule has 2 amide bonds. The van der Waals surface area contributed by atoms with E-state index in [9.17, 15) is 13.2 Å². The molecule has 0 fully saturated rings. The van der Waals surface area contributed by atoms with Crippen molar-refractivity contribution >= 4 is 38.5 Å². The lowest BCUT2D eigenvalue weighted by Gasteiger charge is -2.28. The number of thiophene rings is 1. The van der Waals surface area contributed by atoms with Crippen LogP contribution in [0.3, 0.4) is 0 Å². The van der Waals surface area contributed by atoms with Crippen LogP contribution in [-0.4, -0.2) is 29.1 Å². The number of aryl methyl sites for hydroxylation is 1. The van der Waals surface area contributed by atoms with Crippen molar-refractivity contribution in [3.8, 4) is 0 Å². The maximum absolute atomic E-state index is 12.5. The molecule has 0 saturated carbocycles. The SMILES string of the molecule is Cc1cc(NC(=O)N[C@H]2C[C@H](C)S(=O)(=O)c3sccc32)cn2ccnc12. The van der Waals surface area contributed by atoms with E-state index in [1.807, 2.05) is 23.6 Å². The number of carbonyl (C=O) groups is 1. The fraction of sp³-hybridized carbons (Fsp3) is 0.294. The molecule has 4 rings (SSSR count).